The molecule has 0 fully saturated rings. The van der Waals surface area contributed by atoms with E-state index in [2.05, 4.69) is 15.0 Å². The minimum atomic E-state index is -0.509. The van der Waals surface area contributed by atoms with Gasteiger partial charge in [0, 0.05) is 13.5 Å². The third kappa shape index (κ3) is 1.96. The molecule has 3 heterocycles. The fourth-order valence-corrected chi connectivity index (χ4v) is 2.56. The van der Waals surface area contributed by atoms with Gasteiger partial charge in [0.2, 0.25) is 5.78 Å². The minimum absolute atomic E-state index is 0.120. The van der Waals surface area contributed by atoms with Gasteiger partial charge in [-0.3, -0.25) is 9.36 Å². The second-order valence-electron chi connectivity index (χ2n) is 5.76. The van der Waals surface area contributed by atoms with Crippen molar-refractivity contribution in [2.24, 2.45) is 13.0 Å². The van der Waals surface area contributed by atoms with Gasteiger partial charge in [0.25, 0.3) is 5.56 Å². The maximum atomic E-state index is 12.6. The van der Waals surface area contributed by atoms with E-state index in [9.17, 15) is 9.90 Å². The van der Waals surface area contributed by atoms with Gasteiger partial charge < -0.3 is 10.1 Å². The molecule has 3 aromatic heterocycles. The Bertz CT molecular complexity index is 871. The fraction of sp³-hybridized carbons (Fsp3) is 0.500. The number of aromatic nitrogens is 5. The van der Waals surface area contributed by atoms with Crippen molar-refractivity contribution < 1.29 is 5.11 Å². The number of nitrogens with one attached hydrogen (secondary N) is 1. The molecule has 3 rings (SSSR count). The zero-order valence-corrected chi connectivity index (χ0v) is 12.6. The highest BCUT2D eigenvalue weighted by Gasteiger charge is 2.20. The molecule has 0 saturated carbocycles. The number of rotatable bonds is 3. The monoisotopic (exact) mass is 289 g/mol. The molecule has 7 heteroatoms. The number of fused-ring (bicyclic) bond motifs is 2. The van der Waals surface area contributed by atoms with Crippen LogP contribution in [0, 0.1) is 12.8 Å². The molecule has 0 aromatic carbocycles. The lowest BCUT2D eigenvalue weighted by molar-refractivity contribution is 0.124. The predicted octanol–water partition coefficient (Wildman–Crippen LogP) is 0.777. The Labute approximate surface area is 121 Å². The summed E-state index contributed by atoms with van der Waals surface area (Å²) in [4.78, 5) is 24.2. The molecule has 0 amide bonds. The van der Waals surface area contributed by atoms with Crippen LogP contribution in [0.25, 0.3) is 16.9 Å². The van der Waals surface area contributed by atoms with Crippen LogP contribution in [0.4, 0.5) is 0 Å². The van der Waals surface area contributed by atoms with E-state index < -0.39 is 6.10 Å². The molecule has 21 heavy (non-hydrogen) atoms. The van der Waals surface area contributed by atoms with Crippen molar-refractivity contribution in [2.75, 3.05) is 0 Å². The molecule has 0 aliphatic rings. The molecule has 0 aliphatic heterocycles. The lowest BCUT2D eigenvalue weighted by Gasteiger charge is -2.14. The SMILES string of the molecule is Cc1nc2n(C)c3nc[nH]c3c(=O)n2c1CC(O)C(C)C. The Kier molecular flexibility index (Phi) is 3.09. The predicted molar refractivity (Wildman–Crippen MR) is 79.4 cm³/mol. The van der Waals surface area contributed by atoms with Crippen molar-refractivity contribution >= 4 is 16.9 Å². The largest absolute Gasteiger partial charge is 0.392 e. The van der Waals surface area contributed by atoms with Gasteiger partial charge in [0.15, 0.2) is 5.65 Å². The van der Waals surface area contributed by atoms with Gasteiger partial charge >= 0.3 is 0 Å². The summed E-state index contributed by atoms with van der Waals surface area (Å²) in [7, 11) is 1.83. The van der Waals surface area contributed by atoms with Crippen LogP contribution in [0.1, 0.15) is 25.2 Å². The minimum Gasteiger partial charge on any atom is -0.392 e. The first-order chi connectivity index (χ1) is 9.91. The molecule has 0 radical (unpaired) electrons. The number of aliphatic hydroxyl groups excluding tert-OH is 1. The highest BCUT2D eigenvalue weighted by molar-refractivity contribution is 5.72. The number of hydrogen-bond donors (Lipinski definition) is 2. The summed E-state index contributed by atoms with van der Waals surface area (Å²) in [5.41, 5.74) is 2.36. The quantitative estimate of drug-likeness (QED) is 0.745. The van der Waals surface area contributed by atoms with E-state index in [1.165, 1.54) is 6.33 Å². The lowest BCUT2D eigenvalue weighted by atomic mass is 10.0. The highest BCUT2D eigenvalue weighted by Crippen LogP contribution is 2.17. The molecule has 112 valence electrons. The van der Waals surface area contributed by atoms with Crippen LogP contribution in [0.5, 0.6) is 0 Å². The lowest BCUT2D eigenvalue weighted by Crippen LogP contribution is -2.24. The second-order valence-corrected chi connectivity index (χ2v) is 5.76. The average Bonchev–Trinajstić information content (AvgIpc) is 3.02. The summed E-state index contributed by atoms with van der Waals surface area (Å²) in [6.45, 7) is 5.76. The molecule has 7 nitrogen and oxygen atoms in total. The standard InChI is InChI=1S/C14H19N5O2/c1-7(2)10(20)5-9-8(3)17-14-18(4)12-11(15-6-16-12)13(21)19(9)14/h6-7,10,20H,5H2,1-4H3,(H,15,16). The van der Waals surface area contributed by atoms with Gasteiger partial charge in [0.05, 0.1) is 23.8 Å². The molecule has 0 aliphatic carbocycles. The summed E-state index contributed by atoms with van der Waals surface area (Å²) >= 11 is 0. The van der Waals surface area contributed by atoms with Crippen LogP contribution >= 0.6 is 0 Å². The normalized spacial score (nSPS) is 13.6. The van der Waals surface area contributed by atoms with Gasteiger partial charge in [-0.1, -0.05) is 13.8 Å². The van der Waals surface area contributed by atoms with Crippen LogP contribution in [-0.4, -0.2) is 35.1 Å². The summed E-state index contributed by atoms with van der Waals surface area (Å²) in [6, 6.07) is 0. The molecule has 0 saturated heterocycles. The van der Waals surface area contributed by atoms with E-state index in [1.54, 1.807) is 8.97 Å². The number of H-pyrrole nitrogens is 1. The van der Waals surface area contributed by atoms with E-state index in [0.717, 1.165) is 11.4 Å². The van der Waals surface area contributed by atoms with Crippen LogP contribution < -0.4 is 5.56 Å². The van der Waals surface area contributed by atoms with E-state index >= 15 is 0 Å². The van der Waals surface area contributed by atoms with E-state index in [1.807, 2.05) is 27.8 Å². The third-order valence-electron chi connectivity index (χ3n) is 3.98. The third-order valence-corrected chi connectivity index (χ3v) is 3.98. The first-order valence-electron chi connectivity index (χ1n) is 7.00. The summed E-state index contributed by atoms with van der Waals surface area (Å²) in [5, 5.41) is 10.1. The van der Waals surface area contributed by atoms with E-state index in [-0.39, 0.29) is 11.5 Å². The highest BCUT2D eigenvalue weighted by atomic mass is 16.3. The van der Waals surface area contributed by atoms with Crippen LogP contribution in [-0.2, 0) is 13.5 Å². The topological polar surface area (TPSA) is 88.2 Å². The number of hydrogen-bond acceptors (Lipinski definition) is 4. The van der Waals surface area contributed by atoms with Crippen molar-refractivity contribution in [3.63, 3.8) is 0 Å². The molecule has 1 atom stereocenters. The summed E-state index contributed by atoms with van der Waals surface area (Å²) < 4.78 is 3.35. The summed E-state index contributed by atoms with van der Waals surface area (Å²) in [6.07, 6.45) is 1.39. The summed E-state index contributed by atoms with van der Waals surface area (Å²) in [5.74, 6) is 0.665. The van der Waals surface area contributed by atoms with Crippen LogP contribution in [0.15, 0.2) is 11.1 Å². The Morgan fingerprint density at radius 2 is 2.14 bits per heavy atom. The van der Waals surface area contributed by atoms with Gasteiger partial charge in [-0.25, -0.2) is 14.4 Å². The molecule has 0 bridgehead atoms. The molecule has 0 spiro atoms. The number of aromatic amines is 1. The molecule has 1 unspecified atom stereocenters. The van der Waals surface area contributed by atoms with Crippen LogP contribution in [0.3, 0.4) is 0 Å². The number of nitrogens with zero attached hydrogens (tertiary/aromatic N) is 4. The fourth-order valence-electron chi connectivity index (χ4n) is 2.56. The average molecular weight is 289 g/mol. The first kappa shape index (κ1) is 13.8. The Balaban J connectivity index is 2.33. The number of aliphatic hydroxyl groups is 1. The van der Waals surface area contributed by atoms with Crippen LogP contribution in [0.2, 0.25) is 0 Å². The zero-order chi connectivity index (χ0) is 15.3. The first-order valence-corrected chi connectivity index (χ1v) is 7.00. The molecule has 2 N–H and O–H groups in total. The van der Waals surface area contributed by atoms with Crippen molar-refractivity contribution in [2.45, 2.75) is 33.3 Å². The maximum Gasteiger partial charge on any atom is 0.285 e. The molecule has 3 aromatic rings. The Morgan fingerprint density at radius 1 is 1.43 bits per heavy atom. The van der Waals surface area contributed by atoms with Crippen molar-refractivity contribution in [1.82, 2.24) is 23.9 Å². The van der Waals surface area contributed by atoms with E-state index in [4.69, 9.17) is 0 Å². The Morgan fingerprint density at radius 3 is 2.81 bits per heavy atom. The van der Waals surface area contributed by atoms with Gasteiger partial charge in [-0.05, 0) is 12.8 Å². The van der Waals surface area contributed by atoms with Crippen molar-refractivity contribution in [3.8, 4) is 0 Å². The maximum absolute atomic E-state index is 12.6. The second kappa shape index (κ2) is 4.70. The zero-order valence-electron chi connectivity index (χ0n) is 12.6. The Hall–Kier alpha value is -2.15. The van der Waals surface area contributed by atoms with E-state index in [0.29, 0.717) is 23.4 Å². The molecular weight excluding hydrogens is 270 g/mol. The van der Waals surface area contributed by atoms with Gasteiger partial charge in [-0.15, -0.1) is 0 Å². The smallest absolute Gasteiger partial charge is 0.285 e. The van der Waals surface area contributed by atoms with Crippen molar-refractivity contribution in [1.29, 1.82) is 0 Å². The number of aryl methyl sites for hydroxylation is 2. The molecular formula is C14H19N5O2. The van der Waals surface area contributed by atoms with Gasteiger partial charge in [0.1, 0.15) is 5.52 Å². The van der Waals surface area contributed by atoms with Gasteiger partial charge in [-0.2, -0.15) is 0 Å². The van der Waals surface area contributed by atoms with Crippen molar-refractivity contribution in [3.05, 3.63) is 28.1 Å². The number of imidazole rings is 2.